The number of anilines is 2. The smallest absolute Gasteiger partial charge is 0.419 e. The summed E-state index contributed by atoms with van der Waals surface area (Å²) in [6.07, 6.45) is -3.94. The third-order valence-corrected chi connectivity index (χ3v) is 5.26. The lowest BCUT2D eigenvalue weighted by Crippen LogP contribution is -2.44. The number of pyridine rings is 1. The van der Waals surface area contributed by atoms with E-state index in [1.807, 2.05) is 0 Å². The molecule has 11 heteroatoms. The van der Waals surface area contributed by atoms with Gasteiger partial charge < -0.3 is 10.0 Å². The molecule has 1 fully saturated rings. The standard InChI is InChI=1S/C20H16F4N4O2S/c1-19(2)17(30)27(13-8-14(20(22,23)24)15(9-25)26-10-13)18(31)28(19)12-3-4-16(29)11(7-12)5-6-21/h3-4,7-8,10,29H,5-6H2,1-2H3. The van der Waals surface area contributed by atoms with Crippen LogP contribution in [0.2, 0.25) is 0 Å². The molecular weight excluding hydrogens is 436 g/mol. The largest absolute Gasteiger partial charge is 0.508 e. The van der Waals surface area contributed by atoms with Gasteiger partial charge in [0.2, 0.25) is 0 Å². The lowest BCUT2D eigenvalue weighted by molar-refractivity contribution is -0.138. The molecule has 0 spiro atoms. The van der Waals surface area contributed by atoms with Gasteiger partial charge in [-0.3, -0.25) is 14.1 Å². The summed E-state index contributed by atoms with van der Waals surface area (Å²) in [6.45, 7) is 2.35. The van der Waals surface area contributed by atoms with Crippen molar-refractivity contribution in [3.8, 4) is 11.8 Å². The molecule has 2 heterocycles. The van der Waals surface area contributed by atoms with E-state index in [0.29, 0.717) is 17.3 Å². The van der Waals surface area contributed by atoms with Gasteiger partial charge in [-0.25, -0.2) is 4.98 Å². The maximum absolute atomic E-state index is 13.4. The van der Waals surface area contributed by atoms with Gasteiger partial charge in [0, 0.05) is 12.1 Å². The van der Waals surface area contributed by atoms with Gasteiger partial charge in [-0.05, 0) is 55.9 Å². The highest BCUT2D eigenvalue weighted by Crippen LogP contribution is 2.39. The van der Waals surface area contributed by atoms with E-state index in [2.05, 4.69) is 4.98 Å². The number of nitriles is 1. The number of phenols is 1. The maximum atomic E-state index is 13.4. The number of halogens is 4. The highest BCUT2D eigenvalue weighted by molar-refractivity contribution is 7.81. The Kier molecular flexibility index (Phi) is 5.62. The molecule has 31 heavy (non-hydrogen) atoms. The van der Waals surface area contributed by atoms with E-state index in [-0.39, 0.29) is 23.0 Å². The van der Waals surface area contributed by atoms with E-state index >= 15 is 0 Å². The summed E-state index contributed by atoms with van der Waals surface area (Å²) in [7, 11) is 0. The first-order chi connectivity index (χ1) is 14.4. The fourth-order valence-electron chi connectivity index (χ4n) is 3.35. The van der Waals surface area contributed by atoms with Crippen molar-refractivity contribution < 1.29 is 27.5 Å². The molecular formula is C20H16F4N4O2S. The summed E-state index contributed by atoms with van der Waals surface area (Å²) < 4.78 is 52.9. The van der Waals surface area contributed by atoms with Crippen LogP contribution in [0, 0.1) is 11.3 Å². The molecule has 0 bridgehead atoms. The monoisotopic (exact) mass is 452 g/mol. The molecule has 3 rings (SSSR count). The zero-order valence-corrected chi connectivity index (χ0v) is 17.2. The Morgan fingerprint density at radius 3 is 2.52 bits per heavy atom. The number of hydrogen-bond acceptors (Lipinski definition) is 5. The second-order valence-electron chi connectivity index (χ2n) is 7.27. The fraction of sp³-hybridized carbons (Fsp3) is 0.300. The second kappa shape index (κ2) is 7.77. The van der Waals surface area contributed by atoms with Gasteiger partial charge in [-0.15, -0.1) is 0 Å². The number of phenolic OH excluding ortho intramolecular Hbond substituents is 1. The number of amides is 1. The first-order valence-corrected chi connectivity index (χ1v) is 9.38. The third kappa shape index (κ3) is 3.79. The quantitative estimate of drug-likeness (QED) is 0.556. The van der Waals surface area contributed by atoms with E-state index < -0.39 is 35.6 Å². The number of benzene rings is 1. The highest BCUT2D eigenvalue weighted by Gasteiger charge is 2.51. The molecule has 1 aromatic heterocycles. The van der Waals surface area contributed by atoms with Gasteiger partial charge in [-0.2, -0.15) is 18.4 Å². The normalized spacial score (nSPS) is 16.0. The molecule has 0 atom stereocenters. The van der Waals surface area contributed by atoms with Crippen LogP contribution in [0.25, 0.3) is 0 Å². The van der Waals surface area contributed by atoms with Crippen molar-refractivity contribution in [1.82, 2.24) is 4.98 Å². The first kappa shape index (κ1) is 22.4. The molecule has 1 aliphatic heterocycles. The molecule has 1 amide bonds. The number of hydrogen-bond donors (Lipinski definition) is 1. The summed E-state index contributed by atoms with van der Waals surface area (Å²) in [5.41, 5.74) is -2.98. The van der Waals surface area contributed by atoms with Gasteiger partial charge >= 0.3 is 6.18 Å². The minimum atomic E-state index is -4.86. The topological polar surface area (TPSA) is 80.5 Å². The Morgan fingerprint density at radius 1 is 1.26 bits per heavy atom. The van der Waals surface area contributed by atoms with Crippen LogP contribution in [0.1, 0.15) is 30.7 Å². The number of aromatic hydroxyl groups is 1. The average molecular weight is 452 g/mol. The second-order valence-corrected chi connectivity index (χ2v) is 7.63. The molecule has 0 aliphatic carbocycles. The number of carbonyl (C=O) groups is 1. The lowest BCUT2D eigenvalue weighted by atomic mass is 10.0. The molecule has 2 aromatic rings. The zero-order valence-electron chi connectivity index (χ0n) is 16.4. The van der Waals surface area contributed by atoms with Crippen molar-refractivity contribution in [1.29, 1.82) is 5.26 Å². The average Bonchev–Trinajstić information content (AvgIpc) is 2.87. The minimum absolute atomic E-state index is 0.0626. The molecule has 0 unspecified atom stereocenters. The van der Waals surface area contributed by atoms with Crippen LogP contribution in [0.3, 0.4) is 0 Å². The highest BCUT2D eigenvalue weighted by atomic mass is 32.1. The van der Waals surface area contributed by atoms with Crippen LogP contribution in [0.5, 0.6) is 5.75 Å². The number of nitrogens with zero attached hydrogens (tertiary/aromatic N) is 4. The van der Waals surface area contributed by atoms with Crippen molar-refractivity contribution in [2.45, 2.75) is 32.0 Å². The van der Waals surface area contributed by atoms with E-state index in [9.17, 15) is 27.5 Å². The Morgan fingerprint density at radius 2 is 1.94 bits per heavy atom. The van der Waals surface area contributed by atoms with Crippen molar-refractivity contribution in [3.63, 3.8) is 0 Å². The summed E-state index contributed by atoms with van der Waals surface area (Å²) in [6, 6.07) is 6.31. The summed E-state index contributed by atoms with van der Waals surface area (Å²) in [4.78, 5) is 19.0. The van der Waals surface area contributed by atoms with Crippen molar-refractivity contribution in [2.24, 2.45) is 0 Å². The van der Waals surface area contributed by atoms with Gasteiger partial charge in [0.25, 0.3) is 5.91 Å². The van der Waals surface area contributed by atoms with Crippen LogP contribution >= 0.6 is 12.2 Å². The summed E-state index contributed by atoms with van der Waals surface area (Å²) in [5, 5.41) is 18.7. The number of rotatable bonds is 4. The fourth-order valence-corrected chi connectivity index (χ4v) is 3.87. The molecule has 1 aliphatic rings. The first-order valence-electron chi connectivity index (χ1n) is 8.97. The molecule has 162 valence electrons. The Hall–Kier alpha value is -3.26. The number of carbonyl (C=O) groups excluding carboxylic acids is 1. The van der Waals surface area contributed by atoms with Crippen LogP contribution in [-0.2, 0) is 17.4 Å². The number of thiocarbonyl (C=S) groups is 1. The van der Waals surface area contributed by atoms with Gasteiger partial charge in [0.05, 0.1) is 24.1 Å². The van der Waals surface area contributed by atoms with E-state index in [1.54, 1.807) is 0 Å². The minimum Gasteiger partial charge on any atom is -0.508 e. The van der Waals surface area contributed by atoms with Crippen molar-refractivity contribution in [3.05, 3.63) is 47.3 Å². The van der Waals surface area contributed by atoms with Gasteiger partial charge in [-0.1, -0.05) is 0 Å². The van der Waals surface area contributed by atoms with Crippen LogP contribution in [0.15, 0.2) is 30.5 Å². The number of aromatic nitrogens is 1. The molecule has 1 aromatic carbocycles. The lowest BCUT2D eigenvalue weighted by Gasteiger charge is -2.30. The van der Waals surface area contributed by atoms with Crippen LogP contribution < -0.4 is 9.80 Å². The molecule has 0 radical (unpaired) electrons. The van der Waals surface area contributed by atoms with E-state index in [1.165, 1.54) is 43.0 Å². The van der Waals surface area contributed by atoms with Crippen LogP contribution in [-0.4, -0.2) is 33.3 Å². The SMILES string of the molecule is CC1(C)C(=O)N(c2cnc(C#N)c(C(F)(F)F)c2)C(=S)N1c1ccc(O)c(CCF)c1. The zero-order chi connectivity index (χ0) is 23.1. The number of aryl methyl sites for hydroxylation is 1. The van der Waals surface area contributed by atoms with Gasteiger partial charge in [0.1, 0.15) is 17.4 Å². The number of alkyl halides is 4. The summed E-state index contributed by atoms with van der Waals surface area (Å²) in [5.74, 6) is -0.740. The predicted molar refractivity (Wildman–Crippen MR) is 108 cm³/mol. The third-order valence-electron chi connectivity index (χ3n) is 4.90. The molecule has 6 nitrogen and oxygen atoms in total. The Bertz CT molecular complexity index is 1110. The molecule has 1 saturated heterocycles. The van der Waals surface area contributed by atoms with Crippen molar-refractivity contribution >= 4 is 34.6 Å². The van der Waals surface area contributed by atoms with E-state index in [0.717, 1.165) is 11.1 Å². The van der Waals surface area contributed by atoms with Crippen LogP contribution in [0.4, 0.5) is 28.9 Å². The molecule has 1 N–H and O–H groups in total. The Labute approximate surface area is 180 Å². The summed E-state index contributed by atoms with van der Waals surface area (Å²) >= 11 is 5.41. The van der Waals surface area contributed by atoms with Crippen molar-refractivity contribution in [2.75, 3.05) is 16.5 Å². The molecule has 0 saturated carbocycles. The Balaban J connectivity index is 2.11. The maximum Gasteiger partial charge on any atom is 0.419 e. The predicted octanol–water partition coefficient (Wildman–Crippen LogP) is 4.11. The van der Waals surface area contributed by atoms with E-state index in [4.69, 9.17) is 17.5 Å². The van der Waals surface area contributed by atoms with Gasteiger partial charge in [0.15, 0.2) is 10.8 Å².